The molecular formula is C18H27NO3S. The van der Waals surface area contributed by atoms with Gasteiger partial charge in [0.2, 0.25) is 5.91 Å². The number of sulfone groups is 1. The number of rotatable bonds is 6. The molecule has 3 unspecified atom stereocenters. The molecule has 1 aromatic rings. The van der Waals surface area contributed by atoms with Crippen molar-refractivity contribution in [3.8, 4) is 0 Å². The molecule has 0 spiro atoms. The van der Waals surface area contributed by atoms with E-state index in [9.17, 15) is 13.2 Å². The van der Waals surface area contributed by atoms with E-state index in [0.29, 0.717) is 12.8 Å². The van der Waals surface area contributed by atoms with E-state index in [1.165, 1.54) is 6.26 Å². The van der Waals surface area contributed by atoms with E-state index in [-0.39, 0.29) is 23.1 Å². The molecule has 2 rings (SSSR count). The maximum absolute atomic E-state index is 12.7. The summed E-state index contributed by atoms with van der Waals surface area (Å²) in [6.45, 7) is 2.07. The number of hydrogen-bond acceptors (Lipinski definition) is 3. The van der Waals surface area contributed by atoms with Crippen molar-refractivity contribution in [1.82, 2.24) is 5.32 Å². The Hall–Kier alpha value is -1.36. The first kappa shape index (κ1) is 18.0. The fourth-order valence-corrected chi connectivity index (χ4v) is 4.57. The van der Waals surface area contributed by atoms with Gasteiger partial charge < -0.3 is 5.32 Å². The van der Waals surface area contributed by atoms with Gasteiger partial charge in [0.15, 0.2) is 0 Å². The molecule has 0 radical (unpaired) electrons. The van der Waals surface area contributed by atoms with E-state index in [0.717, 1.165) is 31.2 Å². The maximum atomic E-state index is 12.7. The largest absolute Gasteiger partial charge is 0.353 e. The molecule has 0 bridgehead atoms. The van der Waals surface area contributed by atoms with Crippen LogP contribution >= 0.6 is 0 Å². The molecular weight excluding hydrogens is 310 g/mol. The van der Waals surface area contributed by atoms with Crippen LogP contribution in [0, 0.1) is 0 Å². The van der Waals surface area contributed by atoms with Gasteiger partial charge in [-0.25, -0.2) is 8.42 Å². The zero-order valence-corrected chi connectivity index (χ0v) is 14.8. The highest BCUT2D eigenvalue weighted by atomic mass is 32.2. The highest BCUT2D eigenvalue weighted by Gasteiger charge is 2.31. The predicted molar refractivity (Wildman–Crippen MR) is 93.1 cm³/mol. The number of carbonyl (C=O) groups excluding carboxylic acids is 1. The summed E-state index contributed by atoms with van der Waals surface area (Å²) in [6, 6.07) is 9.79. The summed E-state index contributed by atoms with van der Waals surface area (Å²) in [5.74, 6) is -0.128. The van der Waals surface area contributed by atoms with Gasteiger partial charge in [0.05, 0.1) is 11.2 Å². The molecule has 1 aliphatic carbocycles. The minimum Gasteiger partial charge on any atom is -0.353 e. The van der Waals surface area contributed by atoms with Gasteiger partial charge in [0.25, 0.3) is 0 Å². The van der Waals surface area contributed by atoms with E-state index in [1.807, 2.05) is 30.3 Å². The van der Waals surface area contributed by atoms with Gasteiger partial charge >= 0.3 is 0 Å². The summed E-state index contributed by atoms with van der Waals surface area (Å²) in [7, 11) is -3.03. The van der Waals surface area contributed by atoms with Crippen molar-refractivity contribution in [2.24, 2.45) is 0 Å². The number of amides is 1. The quantitative estimate of drug-likeness (QED) is 0.868. The SMILES string of the molecule is CCCC(C(=O)NC1CCCC(S(C)(=O)=O)C1)c1ccccc1. The Kier molecular flexibility index (Phi) is 6.22. The van der Waals surface area contributed by atoms with Gasteiger partial charge in [-0.05, 0) is 31.2 Å². The van der Waals surface area contributed by atoms with Crippen molar-refractivity contribution >= 4 is 15.7 Å². The monoisotopic (exact) mass is 337 g/mol. The Morgan fingerprint density at radius 2 is 1.96 bits per heavy atom. The van der Waals surface area contributed by atoms with Crippen molar-refractivity contribution < 1.29 is 13.2 Å². The average Bonchev–Trinajstić information content (AvgIpc) is 2.53. The van der Waals surface area contributed by atoms with Crippen LogP contribution in [0.4, 0.5) is 0 Å². The van der Waals surface area contributed by atoms with Crippen LogP contribution in [0.15, 0.2) is 30.3 Å². The molecule has 1 fully saturated rings. The summed E-state index contributed by atoms with van der Waals surface area (Å²) in [6.07, 6.45) is 6.01. The van der Waals surface area contributed by atoms with Crippen LogP contribution in [0.25, 0.3) is 0 Å². The fraction of sp³-hybridized carbons (Fsp3) is 0.611. The Labute approximate surface area is 139 Å². The molecule has 4 nitrogen and oxygen atoms in total. The fourth-order valence-electron chi connectivity index (χ4n) is 3.39. The highest BCUT2D eigenvalue weighted by Crippen LogP contribution is 2.26. The smallest absolute Gasteiger partial charge is 0.227 e. The molecule has 0 aliphatic heterocycles. The summed E-state index contributed by atoms with van der Waals surface area (Å²) in [5, 5.41) is 2.78. The third kappa shape index (κ3) is 5.06. The van der Waals surface area contributed by atoms with E-state index in [4.69, 9.17) is 0 Å². The molecule has 1 saturated carbocycles. The normalized spacial score (nSPS) is 23.2. The Balaban J connectivity index is 2.04. The Bertz CT molecular complexity index is 612. The van der Waals surface area contributed by atoms with Crippen LogP contribution in [-0.4, -0.2) is 31.9 Å². The van der Waals surface area contributed by atoms with Crippen LogP contribution < -0.4 is 5.32 Å². The van der Waals surface area contributed by atoms with Crippen molar-refractivity contribution in [2.75, 3.05) is 6.26 Å². The summed E-state index contributed by atoms with van der Waals surface area (Å²) >= 11 is 0. The Morgan fingerprint density at radius 1 is 1.26 bits per heavy atom. The van der Waals surface area contributed by atoms with Gasteiger partial charge in [-0.1, -0.05) is 50.1 Å². The van der Waals surface area contributed by atoms with Crippen LogP contribution in [0.2, 0.25) is 0 Å². The summed E-state index contributed by atoms with van der Waals surface area (Å²) in [5.41, 5.74) is 1.03. The van der Waals surface area contributed by atoms with Crippen LogP contribution in [0.5, 0.6) is 0 Å². The molecule has 1 aliphatic rings. The van der Waals surface area contributed by atoms with E-state index < -0.39 is 9.84 Å². The minimum atomic E-state index is -3.03. The standard InChI is InChI=1S/C18H27NO3S/c1-3-8-17(14-9-5-4-6-10-14)18(20)19-15-11-7-12-16(13-15)23(2,21)22/h4-6,9-10,15-17H,3,7-8,11-13H2,1-2H3,(H,19,20). The second-order valence-corrected chi connectivity index (χ2v) is 8.90. The zero-order valence-electron chi connectivity index (χ0n) is 14.0. The molecule has 128 valence electrons. The maximum Gasteiger partial charge on any atom is 0.227 e. The molecule has 0 saturated heterocycles. The lowest BCUT2D eigenvalue weighted by Crippen LogP contribution is -2.43. The van der Waals surface area contributed by atoms with Crippen LogP contribution in [-0.2, 0) is 14.6 Å². The zero-order chi connectivity index (χ0) is 16.9. The molecule has 0 heterocycles. The second-order valence-electron chi connectivity index (χ2n) is 6.58. The third-order valence-corrected chi connectivity index (χ3v) is 6.31. The average molecular weight is 337 g/mol. The van der Waals surface area contributed by atoms with Crippen molar-refractivity contribution in [3.05, 3.63) is 35.9 Å². The van der Waals surface area contributed by atoms with Crippen molar-refractivity contribution in [1.29, 1.82) is 0 Å². The first-order valence-corrected chi connectivity index (χ1v) is 10.4. The van der Waals surface area contributed by atoms with Crippen LogP contribution in [0.3, 0.4) is 0 Å². The molecule has 1 N–H and O–H groups in total. The molecule has 1 amide bonds. The summed E-state index contributed by atoms with van der Waals surface area (Å²) in [4.78, 5) is 12.7. The van der Waals surface area contributed by atoms with Crippen molar-refractivity contribution in [2.45, 2.75) is 62.7 Å². The van der Waals surface area contributed by atoms with Crippen LogP contribution in [0.1, 0.15) is 56.9 Å². The number of carbonyl (C=O) groups is 1. The summed E-state index contributed by atoms with van der Waals surface area (Å²) < 4.78 is 23.5. The van der Waals surface area contributed by atoms with Gasteiger partial charge in [-0.2, -0.15) is 0 Å². The highest BCUT2D eigenvalue weighted by molar-refractivity contribution is 7.91. The lowest BCUT2D eigenvalue weighted by atomic mass is 9.91. The van der Waals surface area contributed by atoms with Crippen molar-refractivity contribution in [3.63, 3.8) is 0 Å². The lowest BCUT2D eigenvalue weighted by Gasteiger charge is -2.30. The number of hydrogen-bond donors (Lipinski definition) is 1. The third-order valence-electron chi connectivity index (χ3n) is 4.67. The first-order valence-electron chi connectivity index (χ1n) is 8.46. The first-order chi connectivity index (χ1) is 10.9. The van der Waals surface area contributed by atoms with E-state index in [2.05, 4.69) is 12.2 Å². The van der Waals surface area contributed by atoms with Gasteiger partial charge in [0.1, 0.15) is 9.84 Å². The minimum absolute atomic E-state index is 0.0252. The molecule has 1 aromatic carbocycles. The topological polar surface area (TPSA) is 63.2 Å². The molecule has 0 aromatic heterocycles. The second kappa shape index (κ2) is 7.95. The van der Waals surface area contributed by atoms with Gasteiger partial charge in [-0.15, -0.1) is 0 Å². The molecule has 5 heteroatoms. The molecule has 3 atom stereocenters. The molecule has 23 heavy (non-hydrogen) atoms. The predicted octanol–water partition coefficient (Wildman–Crippen LogP) is 3.04. The lowest BCUT2D eigenvalue weighted by molar-refractivity contribution is -0.123. The Morgan fingerprint density at radius 3 is 2.57 bits per heavy atom. The van der Waals surface area contributed by atoms with Gasteiger partial charge in [0, 0.05) is 12.3 Å². The van der Waals surface area contributed by atoms with Gasteiger partial charge in [-0.3, -0.25) is 4.79 Å². The van der Waals surface area contributed by atoms with E-state index in [1.54, 1.807) is 0 Å². The number of benzene rings is 1. The number of nitrogens with one attached hydrogen (secondary N) is 1. The van der Waals surface area contributed by atoms with E-state index >= 15 is 0 Å².